The average Bonchev–Trinajstić information content (AvgIpc) is 2.61. The van der Waals surface area contributed by atoms with Gasteiger partial charge in [-0.1, -0.05) is 12.2 Å². The van der Waals surface area contributed by atoms with E-state index in [0.29, 0.717) is 30.2 Å². The number of rotatable bonds is 8. The highest BCUT2D eigenvalue weighted by Gasteiger charge is 2.24. The molecule has 0 N–H and O–H groups in total. The van der Waals surface area contributed by atoms with Gasteiger partial charge in [0.1, 0.15) is 5.60 Å². The van der Waals surface area contributed by atoms with Crippen molar-refractivity contribution in [2.45, 2.75) is 65.4 Å². The zero-order chi connectivity index (χ0) is 21.4. The third-order valence-corrected chi connectivity index (χ3v) is 4.98. The Labute approximate surface area is 179 Å². The molecule has 6 nitrogen and oxygen atoms in total. The van der Waals surface area contributed by atoms with Crippen LogP contribution in [0.5, 0.6) is 0 Å². The number of aromatic nitrogens is 1. The molecule has 1 aliphatic rings. The number of nitrogens with zero attached hydrogens (tertiary/aromatic N) is 2. The summed E-state index contributed by atoms with van der Waals surface area (Å²) in [5.74, 6) is -0.0299. The summed E-state index contributed by atoms with van der Waals surface area (Å²) in [4.78, 5) is 30.9. The van der Waals surface area contributed by atoms with Crippen LogP contribution in [0.1, 0.15) is 59.1 Å². The van der Waals surface area contributed by atoms with E-state index in [1.165, 1.54) is 0 Å². The van der Waals surface area contributed by atoms with Crippen molar-refractivity contribution < 1.29 is 19.1 Å². The predicted molar refractivity (Wildman–Crippen MR) is 117 cm³/mol. The minimum Gasteiger partial charge on any atom is -0.466 e. The SMILES string of the molecule is CCOC(=O)CC(=S)Cc1ccc(N2CCC(CC(=O)OC(C)(C)C)CC2)cn1. The average molecular weight is 421 g/mol. The van der Waals surface area contributed by atoms with Gasteiger partial charge in [0.2, 0.25) is 0 Å². The van der Waals surface area contributed by atoms with Gasteiger partial charge in [0.15, 0.2) is 0 Å². The molecule has 0 aromatic carbocycles. The van der Waals surface area contributed by atoms with Crippen LogP contribution >= 0.6 is 12.2 Å². The molecule has 0 saturated carbocycles. The lowest BCUT2D eigenvalue weighted by molar-refractivity contribution is -0.156. The molecule has 7 heteroatoms. The number of ether oxygens (including phenoxy) is 2. The van der Waals surface area contributed by atoms with Gasteiger partial charge in [0, 0.05) is 36.5 Å². The molecule has 1 aromatic rings. The van der Waals surface area contributed by atoms with Gasteiger partial charge in [-0.25, -0.2) is 0 Å². The Morgan fingerprint density at radius 3 is 2.45 bits per heavy atom. The number of anilines is 1. The second-order valence-electron chi connectivity index (χ2n) is 8.43. The third-order valence-electron chi connectivity index (χ3n) is 4.69. The standard InChI is InChI=1S/C22H32N2O4S/c1-5-27-20(25)14-19(29)13-17-6-7-18(15-23-17)24-10-8-16(9-11-24)12-21(26)28-22(2,3)4/h6-7,15-16H,5,8-14H2,1-4H3. The maximum atomic E-state index is 12.0. The highest BCUT2D eigenvalue weighted by Crippen LogP contribution is 2.26. The lowest BCUT2D eigenvalue weighted by atomic mass is 9.93. The summed E-state index contributed by atoms with van der Waals surface area (Å²) in [6, 6.07) is 4.00. The van der Waals surface area contributed by atoms with Gasteiger partial charge in [0.25, 0.3) is 0 Å². The van der Waals surface area contributed by atoms with Crippen LogP contribution in [-0.2, 0) is 25.5 Å². The van der Waals surface area contributed by atoms with E-state index in [2.05, 4.69) is 9.88 Å². The second-order valence-corrected chi connectivity index (χ2v) is 9.00. The van der Waals surface area contributed by atoms with E-state index in [-0.39, 0.29) is 18.4 Å². The van der Waals surface area contributed by atoms with Crippen molar-refractivity contribution in [1.29, 1.82) is 0 Å². The molecule has 0 atom stereocenters. The van der Waals surface area contributed by atoms with Gasteiger partial charge in [-0.05, 0) is 58.6 Å². The first-order valence-corrected chi connectivity index (χ1v) is 10.7. The van der Waals surface area contributed by atoms with Crippen LogP contribution in [0.3, 0.4) is 0 Å². The third kappa shape index (κ3) is 8.48. The van der Waals surface area contributed by atoms with E-state index in [1.807, 2.05) is 39.1 Å². The van der Waals surface area contributed by atoms with Crippen molar-refractivity contribution in [3.8, 4) is 0 Å². The molecule has 1 saturated heterocycles. The number of piperidine rings is 1. The van der Waals surface area contributed by atoms with E-state index < -0.39 is 5.60 Å². The molecule has 2 rings (SSSR count). The second kappa shape index (κ2) is 10.7. The number of pyridine rings is 1. The molecule has 0 spiro atoms. The molecular weight excluding hydrogens is 388 g/mol. The van der Waals surface area contributed by atoms with Crippen molar-refractivity contribution in [3.05, 3.63) is 24.0 Å². The van der Waals surface area contributed by atoms with Crippen LogP contribution in [0.2, 0.25) is 0 Å². The first-order valence-electron chi connectivity index (χ1n) is 10.3. The Bertz CT molecular complexity index is 705. The molecule has 1 aromatic heterocycles. The monoisotopic (exact) mass is 420 g/mol. The maximum absolute atomic E-state index is 12.0. The highest BCUT2D eigenvalue weighted by atomic mass is 32.1. The summed E-state index contributed by atoms with van der Waals surface area (Å²) >= 11 is 5.28. The zero-order valence-corrected chi connectivity index (χ0v) is 18.7. The first kappa shape index (κ1) is 23.3. The fourth-order valence-corrected chi connectivity index (χ4v) is 3.63. The molecule has 0 radical (unpaired) electrons. The summed E-state index contributed by atoms with van der Waals surface area (Å²) in [7, 11) is 0. The normalized spacial score (nSPS) is 15.1. The Kier molecular flexibility index (Phi) is 8.56. The lowest BCUT2D eigenvalue weighted by Crippen LogP contribution is -2.35. The Balaban J connectivity index is 1.79. The summed E-state index contributed by atoms with van der Waals surface area (Å²) < 4.78 is 10.4. The number of thiocarbonyl (C=S) groups is 1. The summed E-state index contributed by atoms with van der Waals surface area (Å²) in [5.41, 5.74) is 1.49. The highest BCUT2D eigenvalue weighted by molar-refractivity contribution is 7.80. The number of carbonyl (C=O) groups is 2. The molecule has 1 fully saturated rings. The Morgan fingerprint density at radius 1 is 1.21 bits per heavy atom. The minimum absolute atomic E-state index is 0.110. The largest absolute Gasteiger partial charge is 0.466 e. The van der Waals surface area contributed by atoms with E-state index in [1.54, 1.807) is 6.92 Å². The van der Waals surface area contributed by atoms with E-state index in [4.69, 9.17) is 21.7 Å². The van der Waals surface area contributed by atoms with Crippen molar-refractivity contribution in [2.24, 2.45) is 5.92 Å². The van der Waals surface area contributed by atoms with Crippen molar-refractivity contribution >= 4 is 34.7 Å². The lowest BCUT2D eigenvalue weighted by Gasteiger charge is -2.33. The van der Waals surface area contributed by atoms with Crippen molar-refractivity contribution in [3.63, 3.8) is 0 Å². The zero-order valence-electron chi connectivity index (χ0n) is 17.9. The summed E-state index contributed by atoms with van der Waals surface area (Å²) in [6.45, 7) is 9.63. The molecule has 2 heterocycles. The molecular formula is C22H32N2O4S. The van der Waals surface area contributed by atoms with Crippen LogP contribution in [0.15, 0.2) is 18.3 Å². The first-order chi connectivity index (χ1) is 13.7. The van der Waals surface area contributed by atoms with Crippen LogP contribution in [0.25, 0.3) is 0 Å². The van der Waals surface area contributed by atoms with Gasteiger partial charge in [-0.2, -0.15) is 0 Å². The maximum Gasteiger partial charge on any atom is 0.310 e. The molecule has 0 amide bonds. The molecule has 0 unspecified atom stereocenters. The fourth-order valence-electron chi connectivity index (χ4n) is 3.36. The van der Waals surface area contributed by atoms with E-state index in [9.17, 15) is 9.59 Å². The number of hydrogen-bond donors (Lipinski definition) is 0. The Hall–Kier alpha value is -2.02. The van der Waals surface area contributed by atoms with Crippen LogP contribution in [0, 0.1) is 5.92 Å². The van der Waals surface area contributed by atoms with Crippen LogP contribution < -0.4 is 4.90 Å². The summed E-state index contributed by atoms with van der Waals surface area (Å²) in [5, 5.41) is 0. The van der Waals surface area contributed by atoms with Gasteiger partial charge < -0.3 is 14.4 Å². The van der Waals surface area contributed by atoms with E-state index in [0.717, 1.165) is 37.3 Å². The summed E-state index contributed by atoms with van der Waals surface area (Å²) in [6.07, 6.45) is 4.91. The van der Waals surface area contributed by atoms with Crippen LogP contribution in [0.4, 0.5) is 5.69 Å². The number of carbonyl (C=O) groups excluding carboxylic acids is 2. The topological polar surface area (TPSA) is 68.7 Å². The quantitative estimate of drug-likeness (QED) is 0.467. The molecule has 29 heavy (non-hydrogen) atoms. The van der Waals surface area contributed by atoms with E-state index >= 15 is 0 Å². The van der Waals surface area contributed by atoms with Gasteiger partial charge in [0.05, 0.1) is 24.9 Å². The molecule has 1 aliphatic heterocycles. The Morgan fingerprint density at radius 2 is 1.90 bits per heavy atom. The predicted octanol–water partition coefficient (Wildman–Crippen LogP) is 3.90. The molecule has 0 aliphatic carbocycles. The fraction of sp³-hybridized carbons (Fsp3) is 0.636. The molecule has 160 valence electrons. The molecule has 0 bridgehead atoms. The van der Waals surface area contributed by atoms with Gasteiger partial charge in [-0.3, -0.25) is 14.6 Å². The van der Waals surface area contributed by atoms with Crippen molar-refractivity contribution in [2.75, 3.05) is 24.6 Å². The number of esters is 2. The van der Waals surface area contributed by atoms with Crippen molar-refractivity contribution in [1.82, 2.24) is 4.98 Å². The van der Waals surface area contributed by atoms with Gasteiger partial charge in [-0.15, -0.1) is 0 Å². The number of hydrogen-bond acceptors (Lipinski definition) is 7. The van der Waals surface area contributed by atoms with Crippen LogP contribution in [-0.4, -0.2) is 47.1 Å². The van der Waals surface area contributed by atoms with Gasteiger partial charge >= 0.3 is 11.9 Å². The smallest absolute Gasteiger partial charge is 0.310 e. The minimum atomic E-state index is -0.427.